The number of alkyl halides is 3. The summed E-state index contributed by atoms with van der Waals surface area (Å²) in [6.07, 6.45) is -2.57. The van der Waals surface area contributed by atoms with Crippen LogP contribution < -0.4 is 20.1 Å². The van der Waals surface area contributed by atoms with E-state index in [-0.39, 0.29) is 24.2 Å². The standard InChI is InChI=1S/C20H16Cl2F3N3O4/c21-13-3-1-11(5-14(13)22)31-7-16(29)28-19-8-18(9-19,10-19)17(30)27-15-4-2-12(6-26-15)32-20(23,24)25/h1-6H,7-10H2,(H,28,29)(H,26,27,30). The van der Waals surface area contributed by atoms with Crippen molar-refractivity contribution in [3.05, 3.63) is 46.6 Å². The number of carbonyl (C=O) groups is 2. The van der Waals surface area contributed by atoms with E-state index in [9.17, 15) is 22.8 Å². The van der Waals surface area contributed by atoms with Crippen LogP contribution >= 0.6 is 23.2 Å². The Kier molecular flexibility index (Phi) is 5.62. The molecule has 1 heterocycles. The molecule has 2 aromatic rings. The lowest BCUT2D eigenvalue weighted by Crippen LogP contribution is -2.78. The Labute approximate surface area is 190 Å². The van der Waals surface area contributed by atoms with Gasteiger partial charge in [0.05, 0.1) is 21.7 Å². The van der Waals surface area contributed by atoms with E-state index in [0.29, 0.717) is 35.1 Å². The predicted molar refractivity (Wildman–Crippen MR) is 109 cm³/mol. The van der Waals surface area contributed by atoms with Crippen LogP contribution in [0.15, 0.2) is 36.5 Å². The average Bonchev–Trinajstić information content (AvgIpc) is 2.64. The first kappa shape index (κ1) is 22.5. The molecule has 1 aromatic carbocycles. The van der Waals surface area contributed by atoms with Crippen molar-refractivity contribution >= 4 is 40.8 Å². The second-order valence-electron chi connectivity index (χ2n) is 7.88. The van der Waals surface area contributed by atoms with Crippen LogP contribution in [0, 0.1) is 5.41 Å². The van der Waals surface area contributed by atoms with E-state index in [4.69, 9.17) is 27.9 Å². The van der Waals surface area contributed by atoms with Gasteiger partial charge in [0.15, 0.2) is 6.61 Å². The number of pyridine rings is 1. The van der Waals surface area contributed by atoms with E-state index in [1.165, 1.54) is 12.1 Å². The molecule has 0 aliphatic heterocycles. The van der Waals surface area contributed by atoms with Gasteiger partial charge in [0, 0.05) is 11.6 Å². The zero-order valence-electron chi connectivity index (χ0n) is 16.3. The predicted octanol–water partition coefficient (Wildman–Crippen LogP) is 4.34. The van der Waals surface area contributed by atoms with Gasteiger partial charge in [0.1, 0.15) is 17.3 Å². The number of ether oxygens (including phenoxy) is 2. The van der Waals surface area contributed by atoms with Gasteiger partial charge >= 0.3 is 6.36 Å². The first-order chi connectivity index (χ1) is 15.0. The maximum Gasteiger partial charge on any atom is 0.573 e. The fourth-order valence-electron chi connectivity index (χ4n) is 4.11. The lowest BCUT2D eigenvalue weighted by molar-refractivity contribution is -0.274. The molecule has 2 N–H and O–H groups in total. The molecule has 32 heavy (non-hydrogen) atoms. The molecule has 5 rings (SSSR count). The Morgan fingerprint density at radius 3 is 2.34 bits per heavy atom. The molecule has 3 fully saturated rings. The van der Waals surface area contributed by atoms with Gasteiger partial charge in [0.2, 0.25) is 5.91 Å². The van der Waals surface area contributed by atoms with Crippen molar-refractivity contribution in [2.75, 3.05) is 11.9 Å². The van der Waals surface area contributed by atoms with E-state index < -0.39 is 23.1 Å². The van der Waals surface area contributed by atoms with E-state index >= 15 is 0 Å². The van der Waals surface area contributed by atoms with Crippen LogP contribution in [0.25, 0.3) is 0 Å². The third-order valence-electron chi connectivity index (χ3n) is 5.39. The van der Waals surface area contributed by atoms with Crippen LogP contribution in [0.4, 0.5) is 19.0 Å². The van der Waals surface area contributed by atoms with Gasteiger partial charge in [-0.25, -0.2) is 4.98 Å². The zero-order valence-corrected chi connectivity index (χ0v) is 17.8. The van der Waals surface area contributed by atoms with Crippen LogP contribution in [-0.4, -0.2) is 35.3 Å². The van der Waals surface area contributed by atoms with Crippen molar-refractivity contribution in [3.63, 3.8) is 0 Å². The van der Waals surface area contributed by atoms with Gasteiger partial charge in [-0.3, -0.25) is 9.59 Å². The number of hydrogen-bond acceptors (Lipinski definition) is 5. The topological polar surface area (TPSA) is 89.5 Å². The number of halogens is 5. The number of anilines is 1. The molecule has 12 heteroatoms. The third-order valence-corrected chi connectivity index (χ3v) is 6.13. The maximum atomic E-state index is 12.5. The van der Waals surface area contributed by atoms with Gasteiger partial charge in [-0.05, 0) is 43.5 Å². The molecule has 0 atom stereocenters. The smallest absolute Gasteiger partial charge is 0.484 e. The number of carbonyl (C=O) groups excluding carboxylic acids is 2. The second-order valence-corrected chi connectivity index (χ2v) is 8.70. The number of nitrogens with one attached hydrogen (secondary N) is 2. The van der Waals surface area contributed by atoms with Crippen molar-refractivity contribution in [2.45, 2.75) is 31.2 Å². The van der Waals surface area contributed by atoms with Gasteiger partial charge in [0.25, 0.3) is 5.91 Å². The van der Waals surface area contributed by atoms with E-state index in [1.807, 2.05) is 0 Å². The van der Waals surface area contributed by atoms with Crippen LogP contribution in [0.5, 0.6) is 11.5 Å². The first-order valence-corrected chi connectivity index (χ1v) is 10.2. The highest BCUT2D eigenvalue weighted by Crippen LogP contribution is 2.67. The molecule has 3 aliphatic carbocycles. The van der Waals surface area contributed by atoms with Crippen molar-refractivity contribution < 1.29 is 32.2 Å². The van der Waals surface area contributed by atoms with E-state index in [0.717, 1.165) is 12.3 Å². The summed E-state index contributed by atoms with van der Waals surface area (Å²) in [6, 6.07) is 6.95. The molecule has 0 spiro atoms. The highest BCUT2D eigenvalue weighted by molar-refractivity contribution is 6.42. The lowest BCUT2D eigenvalue weighted by Gasteiger charge is -2.69. The normalized spacial score (nSPS) is 23.4. The Morgan fingerprint density at radius 1 is 1.06 bits per heavy atom. The SMILES string of the molecule is O=C(COc1ccc(Cl)c(Cl)c1)NC12CC(C(=O)Nc3ccc(OC(F)(F)F)cn3)(C1)C2. The third kappa shape index (κ3) is 4.71. The summed E-state index contributed by atoms with van der Waals surface area (Å²) in [5.74, 6) is -0.584. The van der Waals surface area contributed by atoms with Gasteiger partial charge in [-0.2, -0.15) is 0 Å². The van der Waals surface area contributed by atoms with Crippen molar-refractivity contribution in [2.24, 2.45) is 5.41 Å². The highest BCUT2D eigenvalue weighted by atomic mass is 35.5. The Bertz CT molecular complexity index is 1040. The first-order valence-electron chi connectivity index (χ1n) is 9.40. The number of nitrogens with zero attached hydrogens (tertiary/aromatic N) is 1. The number of aromatic nitrogens is 1. The van der Waals surface area contributed by atoms with Crippen molar-refractivity contribution in [1.29, 1.82) is 0 Å². The summed E-state index contributed by atoms with van der Waals surface area (Å²) in [6.45, 7) is -0.213. The fraction of sp³-hybridized carbons (Fsp3) is 0.350. The molecular formula is C20H16Cl2F3N3O4. The molecule has 0 saturated heterocycles. The van der Waals surface area contributed by atoms with Gasteiger partial charge in [-0.1, -0.05) is 23.2 Å². The van der Waals surface area contributed by atoms with Gasteiger partial charge < -0.3 is 20.1 Å². The van der Waals surface area contributed by atoms with E-state index in [1.54, 1.807) is 12.1 Å². The molecule has 2 amide bonds. The minimum atomic E-state index is -4.82. The molecule has 0 radical (unpaired) electrons. The summed E-state index contributed by atoms with van der Waals surface area (Å²) in [5.41, 5.74) is -1.08. The van der Waals surface area contributed by atoms with Crippen molar-refractivity contribution in [1.82, 2.24) is 10.3 Å². The fourth-order valence-corrected chi connectivity index (χ4v) is 4.39. The monoisotopic (exact) mass is 489 g/mol. The lowest BCUT2D eigenvalue weighted by atomic mass is 9.39. The second kappa shape index (κ2) is 8.00. The summed E-state index contributed by atoms with van der Waals surface area (Å²) in [5, 5.41) is 6.17. The number of amides is 2. The molecule has 2 bridgehead atoms. The van der Waals surface area contributed by atoms with Crippen LogP contribution in [0.3, 0.4) is 0 Å². The minimum absolute atomic E-state index is 0.113. The van der Waals surface area contributed by atoms with Gasteiger partial charge in [-0.15, -0.1) is 13.2 Å². The zero-order chi connectivity index (χ0) is 23.1. The molecular weight excluding hydrogens is 474 g/mol. The molecule has 3 aliphatic rings. The number of benzene rings is 1. The van der Waals surface area contributed by atoms with Crippen LogP contribution in [0.2, 0.25) is 10.0 Å². The molecule has 3 saturated carbocycles. The van der Waals surface area contributed by atoms with Crippen LogP contribution in [-0.2, 0) is 9.59 Å². The molecule has 170 valence electrons. The number of rotatable bonds is 7. The highest BCUT2D eigenvalue weighted by Gasteiger charge is 2.72. The minimum Gasteiger partial charge on any atom is -0.484 e. The molecule has 0 unspecified atom stereocenters. The average molecular weight is 490 g/mol. The summed E-state index contributed by atoms with van der Waals surface area (Å²) in [7, 11) is 0. The van der Waals surface area contributed by atoms with Crippen molar-refractivity contribution in [3.8, 4) is 11.5 Å². The summed E-state index contributed by atoms with van der Waals surface area (Å²) >= 11 is 11.7. The Hall–Kier alpha value is -2.72. The Morgan fingerprint density at radius 2 is 1.75 bits per heavy atom. The quantitative estimate of drug-likeness (QED) is 0.603. The summed E-state index contributed by atoms with van der Waals surface area (Å²) in [4.78, 5) is 28.5. The number of hydrogen-bond donors (Lipinski definition) is 2. The van der Waals surface area contributed by atoms with Crippen LogP contribution in [0.1, 0.15) is 19.3 Å². The molecule has 7 nitrogen and oxygen atoms in total. The summed E-state index contributed by atoms with van der Waals surface area (Å²) < 4.78 is 45.7. The Balaban J connectivity index is 1.23. The molecule has 1 aromatic heterocycles. The maximum absolute atomic E-state index is 12.5. The largest absolute Gasteiger partial charge is 0.573 e. The van der Waals surface area contributed by atoms with E-state index in [2.05, 4.69) is 20.4 Å².